The number of ether oxygens (including phenoxy) is 1. The Morgan fingerprint density at radius 3 is 2.87 bits per heavy atom. The normalized spacial score (nSPS) is 16.4. The van der Waals surface area contributed by atoms with Gasteiger partial charge in [-0.25, -0.2) is 0 Å². The van der Waals surface area contributed by atoms with Gasteiger partial charge < -0.3 is 10.1 Å². The fraction of sp³-hybridized carbons (Fsp3) is 0.538. The van der Waals surface area contributed by atoms with Crippen LogP contribution in [0.2, 0.25) is 0 Å². The number of nitrogens with one attached hydrogen (secondary N) is 1. The summed E-state index contributed by atoms with van der Waals surface area (Å²) in [7, 11) is 2.03. The minimum Gasteiger partial charge on any atom is -0.372 e. The van der Waals surface area contributed by atoms with Crippen molar-refractivity contribution in [3.05, 3.63) is 34.9 Å². The molecule has 1 atom stereocenters. The average molecular weight is 205 g/mol. The molecule has 0 saturated heterocycles. The second kappa shape index (κ2) is 4.77. The van der Waals surface area contributed by atoms with E-state index in [-0.39, 0.29) is 0 Å². The maximum atomic E-state index is 5.41. The fourth-order valence-corrected chi connectivity index (χ4v) is 2.09. The van der Waals surface area contributed by atoms with Gasteiger partial charge in [-0.1, -0.05) is 25.1 Å². The second-order valence-electron chi connectivity index (χ2n) is 4.19. The van der Waals surface area contributed by atoms with Crippen molar-refractivity contribution in [2.75, 3.05) is 7.05 Å². The molecule has 0 amide bonds. The molecule has 2 rings (SSSR count). The summed E-state index contributed by atoms with van der Waals surface area (Å²) in [6.45, 7) is 3.80. The van der Waals surface area contributed by atoms with Gasteiger partial charge >= 0.3 is 0 Å². The second-order valence-corrected chi connectivity index (χ2v) is 4.19. The minimum atomic E-state index is 0.588. The fourth-order valence-electron chi connectivity index (χ4n) is 2.09. The first kappa shape index (κ1) is 10.7. The van der Waals surface area contributed by atoms with Gasteiger partial charge in [-0.15, -0.1) is 0 Å². The van der Waals surface area contributed by atoms with Crippen LogP contribution >= 0.6 is 0 Å². The predicted octanol–water partition coefficient (Wildman–Crippen LogP) is 2.26. The van der Waals surface area contributed by atoms with Crippen LogP contribution in [-0.4, -0.2) is 13.1 Å². The number of hydrogen-bond acceptors (Lipinski definition) is 2. The van der Waals surface area contributed by atoms with Crippen molar-refractivity contribution >= 4 is 0 Å². The van der Waals surface area contributed by atoms with Crippen LogP contribution in [0, 0.1) is 0 Å². The summed E-state index contributed by atoms with van der Waals surface area (Å²) < 4.78 is 5.41. The summed E-state index contributed by atoms with van der Waals surface area (Å²) in [5, 5.41) is 3.34. The van der Waals surface area contributed by atoms with E-state index in [1.165, 1.54) is 23.1 Å². The summed E-state index contributed by atoms with van der Waals surface area (Å²) in [6, 6.07) is 7.32. The first-order valence-electron chi connectivity index (χ1n) is 5.69. The zero-order valence-corrected chi connectivity index (χ0v) is 9.55. The zero-order chi connectivity index (χ0) is 10.7. The smallest absolute Gasteiger partial charge is 0.0725 e. The summed E-state index contributed by atoms with van der Waals surface area (Å²) in [5.41, 5.74) is 4.15. The molecule has 1 aromatic rings. The Morgan fingerprint density at radius 1 is 1.33 bits per heavy atom. The van der Waals surface area contributed by atoms with Crippen LogP contribution in [-0.2, 0) is 24.4 Å². The third-order valence-corrected chi connectivity index (χ3v) is 3.17. The maximum absolute atomic E-state index is 5.41. The predicted molar refractivity (Wildman–Crippen MR) is 61.8 cm³/mol. The molecule has 2 heteroatoms. The number of rotatable bonds is 4. The molecule has 0 bridgehead atoms. The first-order chi connectivity index (χ1) is 7.33. The van der Waals surface area contributed by atoms with Gasteiger partial charge in [0.25, 0.3) is 0 Å². The molecule has 1 aromatic carbocycles. The molecule has 0 saturated carbocycles. The van der Waals surface area contributed by atoms with E-state index >= 15 is 0 Å². The number of fused-ring (bicyclic) bond motifs is 1. The Bertz CT molecular complexity index is 331. The highest BCUT2D eigenvalue weighted by Crippen LogP contribution is 2.21. The van der Waals surface area contributed by atoms with Gasteiger partial charge in [-0.2, -0.15) is 0 Å². The Kier molecular flexibility index (Phi) is 3.39. The Hall–Kier alpha value is -0.860. The molecule has 1 unspecified atom stereocenters. The molecule has 1 N–H and O–H groups in total. The highest BCUT2D eigenvalue weighted by Gasteiger charge is 2.12. The number of likely N-dealkylation sites (N-methyl/N-ethyl adjacent to an activating group) is 1. The molecule has 15 heavy (non-hydrogen) atoms. The summed E-state index contributed by atoms with van der Waals surface area (Å²) in [6.07, 6.45) is 2.28. The molecule has 0 aliphatic carbocycles. The SMILES string of the molecule is CCC(Cc1ccc2c(c1)COC2)NC. The molecule has 0 spiro atoms. The van der Waals surface area contributed by atoms with Crippen molar-refractivity contribution in [1.82, 2.24) is 5.32 Å². The van der Waals surface area contributed by atoms with E-state index in [1.54, 1.807) is 0 Å². The van der Waals surface area contributed by atoms with Crippen LogP contribution in [0.4, 0.5) is 0 Å². The van der Waals surface area contributed by atoms with Gasteiger partial charge in [0.05, 0.1) is 13.2 Å². The molecule has 0 radical (unpaired) electrons. The van der Waals surface area contributed by atoms with E-state index in [1.807, 2.05) is 7.05 Å². The van der Waals surface area contributed by atoms with E-state index in [2.05, 4.69) is 30.4 Å². The maximum Gasteiger partial charge on any atom is 0.0725 e. The largest absolute Gasteiger partial charge is 0.372 e. The van der Waals surface area contributed by atoms with Crippen LogP contribution < -0.4 is 5.32 Å². The minimum absolute atomic E-state index is 0.588. The van der Waals surface area contributed by atoms with Gasteiger partial charge in [0.1, 0.15) is 0 Å². The van der Waals surface area contributed by atoms with Gasteiger partial charge in [0.2, 0.25) is 0 Å². The van der Waals surface area contributed by atoms with Crippen molar-refractivity contribution in [3.8, 4) is 0 Å². The van der Waals surface area contributed by atoms with E-state index in [0.29, 0.717) is 6.04 Å². The van der Waals surface area contributed by atoms with Gasteiger partial charge in [-0.3, -0.25) is 0 Å². The lowest BCUT2D eigenvalue weighted by Crippen LogP contribution is -2.26. The third kappa shape index (κ3) is 2.39. The Balaban J connectivity index is 2.09. The highest BCUT2D eigenvalue weighted by molar-refractivity contribution is 5.33. The standard InChI is InChI=1S/C13H19NO/c1-3-13(14-2)7-10-4-5-11-8-15-9-12(11)6-10/h4-6,13-14H,3,7-9H2,1-2H3. The molecule has 1 aliphatic heterocycles. The monoisotopic (exact) mass is 205 g/mol. The van der Waals surface area contributed by atoms with E-state index in [0.717, 1.165) is 19.6 Å². The average Bonchev–Trinajstić information content (AvgIpc) is 2.73. The summed E-state index contributed by atoms with van der Waals surface area (Å²) in [4.78, 5) is 0. The lowest BCUT2D eigenvalue weighted by Gasteiger charge is -2.14. The van der Waals surface area contributed by atoms with Gasteiger partial charge in [0.15, 0.2) is 0 Å². The van der Waals surface area contributed by atoms with Crippen LogP contribution in [0.5, 0.6) is 0 Å². The van der Waals surface area contributed by atoms with E-state index < -0.39 is 0 Å². The molecule has 82 valence electrons. The first-order valence-corrected chi connectivity index (χ1v) is 5.69. The third-order valence-electron chi connectivity index (χ3n) is 3.17. The molecule has 0 aromatic heterocycles. The van der Waals surface area contributed by atoms with Crippen LogP contribution in [0.15, 0.2) is 18.2 Å². The molecular formula is C13H19NO. The summed E-state index contributed by atoms with van der Waals surface area (Å²) >= 11 is 0. The van der Waals surface area contributed by atoms with Crippen LogP contribution in [0.3, 0.4) is 0 Å². The van der Waals surface area contributed by atoms with Crippen molar-refractivity contribution in [2.24, 2.45) is 0 Å². The Morgan fingerprint density at radius 2 is 2.13 bits per heavy atom. The molecule has 1 heterocycles. The lowest BCUT2D eigenvalue weighted by atomic mass is 10.00. The molecule has 2 nitrogen and oxygen atoms in total. The van der Waals surface area contributed by atoms with Crippen molar-refractivity contribution < 1.29 is 4.74 Å². The van der Waals surface area contributed by atoms with Crippen molar-refractivity contribution in [3.63, 3.8) is 0 Å². The number of benzene rings is 1. The van der Waals surface area contributed by atoms with Crippen LogP contribution in [0.1, 0.15) is 30.0 Å². The topological polar surface area (TPSA) is 21.3 Å². The van der Waals surface area contributed by atoms with Crippen molar-refractivity contribution in [1.29, 1.82) is 0 Å². The van der Waals surface area contributed by atoms with Gasteiger partial charge in [-0.05, 0) is 36.6 Å². The summed E-state index contributed by atoms with van der Waals surface area (Å²) in [5.74, 6) is 0. The molecular weight excluding hydrogens is 186 g/mol. The van der Waals surface area contributed by atoms with Crippen molar-refractivity contribution in [2.45, 2.75) is 39.0 Å². The van der Waals surface area contributed by atoms with E-state index in [9.17, 15) is 0 Å². The van der Waals surface area contributed by atoms with Crippen LogP contribution in [0.25, 0.3) is 0 Å². The quantitative estimate of drug-likeness (QED) is 0.814. The molecule has 0 fully saturated rings. The lowest BCUT2D eigenvalue weighted by molar-refractivity contribution is 0.134. The van der Waals surface area contributed by atoms with Gasteiger partial charge in [0, 0.05) is 6.04 Å². The highest BCUT2D eigenvalue weighted by atomic mass is 16.5. The zero-order valence-electron chi connectivity index (χ0n) is 9.55. The van der Waals surface area contributed by atoms with E-state index in [4.69, 9.17) is 4.74 Å². The Labute approximate surface area is 91.6 Å². The molecule has 1 aliphatic rings. The number of hydrogen-bond donors (Lipinski definition) is 1.